The topological polar surface area (TPSA) is 49.4 Å². The van der Waals surface area contributed by atoms with Gasteiger partial charge in [0.2, 0.25) is 11.8 Å². The SMILES string of the molecule is CCC1NC(=O)CC(C)N(CCC2CC2)C1=O. The first-order valence-electron chi connectivity index (χ1n) is 6.71. The highest BCUT2D eigenvalue weighted by molar-refractivity contribution is 5.90. The second-order valence-electron chi connectivity index (χ2n) is 5.35. The Morgan fingerprint density at radius 1 is 1.35 bits per heavy atom. The summed E-state index contributed by atoms with van der Waals surface area (Å²) in [6, 6.07) is -0.274. The molecule has 0 aromatic carbocycles. The number of hydrogen-bond acceptors (Lipinski definition) is 2. The number of carbonyl (C=O) groups excluding carboxylic acids is 2. The lowest BCUT2D eigenvalue weighted by Gasteiger charge is -2.28. The molecule has 2 aliphatic rings. The van der Waals surface area contributed by atoms with Gasteiger partial charge in [0.15, 0.2) is 0 Å². The summed E-state index contributed by atoms with van der Waals surface area (Å²) in [6.45, 7) is 4.73. The van der Waals surface area contributed by atoms with Gasteiger partial charge in [0, 0.05) is 19.0 Å². The van der Waals surface area contributed by atoms with Crippen molar-refractivity contribution in [2.45, 2.75) is 58.0 Å². The molecule has 2 atom stereocenters. The Labute approximate surface area is 103 Å². The molecule has 1 heterocycles. The molecule has 17 heavy (non-hydrogen) atoms. The fraction of sp³-hybridized carbons (Fsp3) is 0.846. The summed E-state index contributed by atoms with van der Waals surface area (Å²) in [6.07, 6.45) is 4.83. The zero-order valence-electron chi connectivity index (χ0n) is 10.7. The molecule has 1 aliphatic heterocycles. The lowest BCUT2D eigenvalue weighted by atomic mass is 10.1. The number of amides is 2. The zero-order valence-corrected chi connectivity index (χ0v) is 10.7. The normalized spacial score (nSPS) is 30.1. The quantitative estimate of drug-likeness (QED) is 0.802. The number of nitrogens with zero attached hydrogens (tertiary/aromatic N) is 1. The maximum Gasteiger partial charge on any atom is 0.245 e. The molecule has 2 amide bonds. The van der Waals surface area contributed by atoms with Crippen LogP contribution in [-0.2, 0) is 9.59 Å². The predicted octanol–water partition coefficient (Wildman–Crippen LogP) is 1.30. The summed E-state index contributed by atoms with van der Waals surface area (Å²) >= 11 is 0. The lowest BCUT2D eigenvalue weighted by molar-refractivity contribution is -0.135. The molecule has 1 saturated carbocycles. The summed E-state index contributed by atoms with van der Waals surface area (Å²) in [4.78, 5) is 25.8. The van der Waals surface area contributed by atoms with E-state index < -0.39 is 0 Å². The number of carbonyl (C=O) groups is 2. The van der Waals surface area contributed by atoms with Gasteiger partial charge in [-0.2, -0.15) is 0 Å². The van der Waals surface area contributed by atoms with Crippen molar-refractivity contribution in [2.75, 3.05) is 6.54 Å². The van der Waals surface area contributed by atoms with Gasteiger partial charge in [-0.1, -0.05) is 19.8 Å². The van der Waals surface area contributed by atoms with E-state index in [9.17, 15) is 9.59 Å². The summed E-state index contributed by atoms with van der Waals surface area (Å²) in [7, 11) is 0. The van der Waals surface area contributed by atoms with Crippen LogP contribution >= 0.6 is 0 Å². The van der Waals surface area contributed by atoms with Crippen LogP contribution in [0.3, 0.4) is 0 Å². The highest BCUT2D eigenvalue weighted by atomic mass is 16.2. The van der Waals surface area contributed by atoms with Crippen LogP contribution in [0.1, 0.15) is 46.0 Å². The molecular weight excluding hydrogens is 216 g/mol. The van der Waals surface area contributed by atoms with Crippen LogP contribution in [0.4, 0.5) is 0 Å². The van der Waals surface area contributed by atoms with Gasteiger partial charge < -0.3 is 10.2 Å². The Bertz CT molecular complexity index is 313. The Kier molecular flexibility index (Phi) is 3.69. The van der Waals surface area contributed by atoms with Gasteiger partial charge in [-0.15, -0.1) is 0 Å². The third-order valence-electron chi connectivity index (χ3n) is 3.81. The van der Waals surface area contributed by atoms with Crippen molar-refractivity contribution in [1.82, 2.24) is 10.2 Å². The van der Waals surface area contributed by atoms with Crippen LogP contribution in [0.2, 0.25) is 0 Å². The summed E-state index contributed by atoms with van der Waals surface area (Å²) in [5.74, 6) is 0.931. The fourth-order valence-electron chi connectivity index (χ4n) is 2.45. The first-order chi connectivity index (χ1) is 8.11. The van der Waals surface area contributed by atoms with Gasteiger partial charge >= 0.3 is 0 Å². The highest BCUT2D eigenvalue weighted by Crippen LogP contribution is 2.32. The standard InChI is InChI=1S/C13H22N2O2/c1-3-11-13(17)15(7-6-10-4-5-10)9(2)8-12(16)14-11/h9-11H,3-8H2,1-2H3,(H,14,16). The van der Waals surface area contributed by atoms with Crippen molar-refractivity contribution in [3.05, 3.63) is 0 Å². The van der Waals surface area contributed by atoms with E-state index in [-0.39, 0.29) is 23.9 Å². The minimum Gasteiger partial charge on any atom is -0.344 e. The van der Waals surface area contributed by atoms with Gasteiger partial charge in [-0.3, -0.25) is 9.59 Å². The first kappa shape index (κ1) is 12.4. The summed E-state index contributed by atoms with van der Waals surface area (Å²) in [5, 5.41) is 2.81. The van der Waals surface area contributed by atoms with E-state index in [1.54, 1.807) is 0 Å². The van der Waals surface area contributed by atoms with Crippen LogP contribution < -0.4 is 5.32 Å². The van der Waals surface area contributed by atoms with Crippen molar-refractivity contribution in [2.24, 2.45) is 5.92 Å². The molecular formula is C13H22N2O2. The Hall–Kier alpha value is -1.06. The molecule has 2 fully saturated rings. The van der Waals surface area contributed by atoms with E-state index in [1.165, 1.54) is 12.8 Å². The third-order valence-corrected chi connectivity index (χ3v) is 3.81. The van der Waals surface area contributed by atoms with Gasteiger partial charge in [0.05, 0.1) is 0 Å². The molecule has 96 valence electrons. The molecule has 4 heteroatoms. The van der Waals surface area contributed by atoms with Crippen molar-refractivity contribution in [3.63, 3.8) is 0 Å². The predicted molar refractivity (Wildman–Crippen MR) is 65.4 cm³/mol. The Balaban J connectivity index is 2.02. The Morgan fingerprint density at radius 2 is 2.06 bits per heavy atom. The van der Waals surface area contributed by atoms with E-state index in [0.29, 0.717) is 12.8 Å². The summed E-state index contributed by atoms with van der Waals surface area (Å²) in [5.41, 5.74) is 0. The number of hydrogen-bond donors (Lipinski definition) is 1. The van der Waals surface area contributed by atoms with Gasteiger partial charge in [-0.05, 0) is 25.7 Å². The van der Waals surface area contributed by atoms with E-state index in [4.69, 9.17) is 0 Å². The van der Waals surface area contributed by atoms with Crippen molar-refractivity contribution in [1.29, 1.82) is 0 Å². The van der Waals surface area contributed by atoms with Crippen LogP contribution in [0.25, 0.3) is 0 Å². The zero-order chi connectivity index (χ0) is 12.4. The summed E-state index contributed by atoms with van der Waals surface area (Å²) < 4.78 is 0. The lowest BCUT2D eigenvalue weighted by Crippen LogP contribution is -2.46. The van der Waals surface area contributed by atoms with Gasteiger partial charge in [0.1, 0.15) is 6.04 Å². The number of rotatable bonds is 4. The van der Waals surface area contributed by atoms with Crippen molar-refractivity contribution >= 4 is 11.8 Å². The van der Waals surface area contributed by atoms with Crippen LogP contribution in [0, 0.1) is 5.92 Å². The maximum atomic E-state index is 12.3. The van der Waals surface area contributed by atoms with E-state index >= 15 is 0 Å². The largest absolute Gasteiger partial charge is 0.344 e. The molecule has 0 aromatic rings. The second-order valence-corrected chi connectivity index (χ2v) is 5.35. The van der Waals surface area contributed by atoms with Gasteiger partial charge in [-0.25, -0.2) is 0 Å². The molecule has 1 aliphatic carbocycles. The average molecular weight is 238 g/mol. The molecule has 4 nitrogen and oxygen atoms in total. The molecule has 1 N–H and O–H groups in total. The molecule has 1 saturated heterocycles. The van der Waals surface area contributed by atoms with Gasteiger partial charge in [0.25, 0.3) is 0 Å². The molecule has 0 spiro atoms. The second kappa shape index (κ2) is 5.07. The highest BCUT2D eigenvalue weighted by Gasteiger charge is 2.33. The molecule has 0 aromatic heterocycles. The van der Waals surface area contributed by atoms with Crippen molar-refractivity contribution < 1.29 is 9.59 Å². The first-order valence-corrected chi connectivity index (χ1v) is 6.71. The fourth-order valence-corrected chi connectivity index (χ4v) is 2.45. The molecule has 0 radical (unpaired) electrons. The van der Waals surface area contributed by atoms with E-state index in [1.807, 2.05) is 18.7 Å². The van der Waals surface area contributed by atoms with E-state index in [2.05, 4.69) is 5.32 Å². The monoisotopic (exact) mass is 238 g/mol. The smallest absolute Gasteiger partial charge is 0.245 e. The van der Waals surface area contributed by atoms with E-state index in [0.717, 1.165) is 18.9 Å². The number of nitrogens with one attached hydrogen (secondary N) is 1. The molecule has 2 unspecified atom stereocenters. The van der Waals surface area contributed by atoms with Crippen molar-refractivity contribution in [3.8, 4) is 0 Å². The van der Waals surface area contributed by atoms with Crippen LogP contribution in [-0.4, -0.2) is 35.3 Å². The maximum absolute atomic E-state index is 12.3. The minimum atomic E-state index is -0.313. The Morgan fingerprint density at radius 3 is 2.65 bits per heavy atom. The molecule has 2 rings (SSSR count). The van der Waals surface area contributed by atoms with Crippen LogP contribution in [0.5, 0.6) is 0 Å². The molecule has 0 bridgehead atoms. The minimum absolute atomic E-state index is 0.00613. The van der Waals surface area contributed by atoms with Crippen LogP contribution in [0.15, 0.2) is 0 Å². The average Bonchev–Trinajstić information content (AvgIpc) is 3.08. The third kappa shape index (κ3) is 2.99.